The second kappa shape index (κ2) is 11.7. The maximum absolute atomic E-state index is 12.7. The summed E-state index contributed by atoms with van der Waals surface area (Å²) in [6, 6.07) is 19.7. The van der Waals surface area contributed by atoms with Crippen molar-refractivity contribution in [1.29, 1.82) is 0 Å². The zero-order valence-electron chi connectivity index (χ0n) is 20.5. The molecule has 37 heavy (non-hydrogen) atoms. The number of carbonyl (C=O) groups is 3. The monoisotopic (exact) mass is 519 g/mol. The molecule has 1 heterocycles. The number of thioether (sulfide) groups is 1. The van der Waals surface area contributed by atoms with Crippen LogP contribution in [0.5, 0.6) is 23.0 Å². The van der Waals surface area contributed by atoms with Crippen molar-refractivity contribution in [3.63, 3.8) is 0 Å². The Morgan fingerprint density at radius 2 is 1.59 bits per heavy atom. The van der Waals surface area contributed by atoms with Crippen LogP contribution in [-0.4, -0.2) is 43.7 Å². The second-order valence-electron chi connectivity index (χ2n) is 8.06. The summed E-state index contributed by atoms with van der Waals surface area (Å²) in [5.41, 5.74) is 2.56. The Morgan fingerprint density at radius 3 is 2.19 bits per heavy atom. The Kier molecular flexibility index (Phi) is 8.15. The van der Waals surface area contributed by atoms with Crippen LogP contribution in [0, 0.1) is 0 Å². The van der Waals surface area contributed by atoms with E-state index >= 15 is 0 Å². The SMILES string of the molecule is COC(=O)/C(=C\c1cc(OC)cc(OC)c1)c1cccc(Oc2ccc(CC3SC(=O)NC3=O)cc2)c1. The maximum Gasteiger partial charge on any atom is 0.338 e. The van der Waals surface area contributed by atoms with E-state index in [9.17, 15) is 14.4 Å². The van der Waals surface area contributed by atoms with Crippen LogP contribution in [0.1, 0.15) is 16.7 Å². The van der Waals surface area contributed by atoms with Gasteiger partial charge in [-0.3, -0.25) is 14.9 Å². The summed E-state index contributed by atoms with van der Waals surface area (Å²) in [5.74, 6) is 1.52. The predicted octanol–water partition coefficient (Wildman–Crippen LogP) is 5.10. The van der Waals surface area contributed by atoms with Crippen LogP contribution in [0.25, 0.3) is 11.6 Å². The number of rotatable bonds is 9. The molecule has 1 fully saturated rings. The zero-order valence-corrected chi connectivity index (χ0v) is 21.3. The Bertz CT molecular complexity index is 1330. The average molecular weight is 520 g/mol. The van der Waals surface area contributed by atoms with E-state index < -0.39 is 11.2 Å². The van der Waals surface area contributed by atoms with Gasteiger partial charge in [0.05, 0.1) is 32.2 Å². The lowest BCUT2D eigenvalue weighted by molar-refractivity contribution is -0.133. The summed E-state index contributed by atoms with van der Waals surface area (Å²) in [6.07, 6.45) is 2.15. The Morgan fingerprint density at radius 1 is 0.892 bits per heavy atom. The number of benzene rings is 3. The van der Waals surface area contributed by atoms with E-state index in [1.807, 2.05) is 12.1 Å². The first kappa shape index (κ1) is 25.8. The maximum atomic E-state index is 12.7. The molecule has 0 aromatic heterocycles. The number of methoxy groups -OCH3 is 3. The topological polar surface area (TPSA) is 100 Å². The molecule has 190 valence electrons. The molecule has 1 saturated heterocycles. The van der Waals surface area contributed by atoms with Crippen molar-refractivity contribution in [2.45, 2.75) is 11.7 Å². The first-order valence-electron chi connectivity index (χ1n) is 11.3. The molecule has 8 nitrogen and oxygen atoms in total. The summed E-state index contributed by atoms with van der Waals surface area (Å²) in [5, 5.41) is 1.55. The summed E-state index contributed by atoms with van der Waals surface area (Å²) in [7, 11) is 4.44. The van der Waals surface area contributed by atoms with Gasteiger partial charge in [0.15, 0.2) is 0 Å². The minimum atomic E-state index is -0.504. The quantitative estimate of drug-likeness (QED) is 0.237. The molecule has 3 aromatic carbocycles. The fourth-order valence-corrected chi connectivity index (χ4v) is 4.61. The lowest BCUT2D eigenvalue weighted by Gasteiger charge is -2.11. The minimum absolute atomic E-state index is 0.269. The fraction of sp³-hybridized carbons (Fsp3) is 0.179. The van der Waals surface area contributed by atoms with Gasteiger partial charge in [-0.2, -0.15) is 0 Å². The number of nitrogens with one attached hydrogen (secondary N) is 1. The van der Waals surface area contributed by atoms with Crippen molar-refractivity contribution >= 4 is 40.5 Å². The third-order valence-electron chi connectivity index (χ3n) is 5.58. The zero-order chi connectivity index (χ0) is 26.4. The highest BCUT2D eigenvalue weighted by molar-refractivity contribution is 8.15. The van der Waals surface area contributed by atoms with Crippen molar-refractivity contribution in [1.82, 2.24) is 5.32 Å². The molecule has 1 unspecified atom stereocenters. The van der Waals surface area contributed by atoms with Crippen LogP contribution in [0.3, 0.4) is 0 Å². The number of carbonyl (C=O) groups excluding carboxylic acids is 3. The van der Waals surface area contributed by atoms with Gasteiger partial charge < -0.3 is 18.9 Å². The second-order valence-corrected chi connectivity index (χ2v) is 9.23. The molecule has 0 aliphatic carbocycles. The summed E-state index contributed by atoms with van der Waals surface area (Å²) < 4.78 is 21.7. The number of amides is 2. The molecule has 1 aliphatic heterocycles. The molecule has 1 N–H and O–H groups in total. The molecule has 0 saturated carbocycles. The summed E-state index contributed by atoms with van der Waals surface area (Å²) in [6.45, 7) is 0. The molecule has 1 aliphatic rings. The van der Waals surface area contributed by atoms with Gasteiger partial charge in [0, 0.05) is 6.07 Å². The summed E-state index contributed by atoms with van der Waals surface area (Å²) >= 11 is 1.00. The molecule has 9 heteroatoms. The smallest absolute Gasteiger partial charge is 0.338 e. The van der Waals surface area contributed by atoms with Gasteiger partial charge in [-0.05, 0) is 65.6 Å². The van der Waals surface area contributed by atoms with Crippen LogP contribution >= 0.6 is 11.8 Å². The summed E-state index contributed by atoms with van der Waals surface area (Å²) in [4.78, 5) is 35.9. The van der Waals surface area contributed by atoms with Gasteiger partial charge in [-0.1, -0.05) is 36.0 Å². The van der Waals surface area contributed by atoms with Gasteiger partial charge in [0.2, 0.25) is 5.91 Å². The molecule has 0 spiro atoms. The van der Waals surface area contributed by atoms with E-state index in [-0.39, 0.29) is 11.1 Å². The van der Waals surface area contributed by atoms with E-state index in [0.717, 1.165) is 17.3 Å². The van der Waals surface area contributed by atoms with Crippen molar-refractivity contribution in [2.24, 2.45) is 0 Å². The number of hydrogen-bond acceptors (Lipinski definition) is 8. The van der Waals surface area contributed by atoms with E-state index in [0.29, 0.717) is 46.1 Å². The molecular formula is C28H25NO7S. The number of hydrogen-bond donors (Lipinski definition) is 1. The molecule has 0 bridgehead atoms. The van der Waals surface area contributed by atoms with Gasteiger partial charge in [0.25, 0.3) is 5.24 Å². The largest absolute Gasteiger partial charge is 0.497 e. The minimum Gasteiger partial charge on any atom is -0.497 e. The van der Waals surface area contributed by atoms with Gasteiger partial charge in [-0.15, -0.1) is 0 Å². The Hall–Kier alpha value is -4.24. The number of ether oxygens (including phenoxy) is 4. The first-order valence-corrected chi connectivity index (χ1v) is 12.2. The van der Waals surface area contributed by atoms with Crippen molar-refractivity contribution in [3.8, 4) is 23.0 Å². The van der Waals surface area contributed by atoms with Gasteiger partial charge >= 0.3 is 5.97 Å². The van der Waals surface area contributed by atoms with Crippen LogP contribution in [0.4, 0.5) is 4.79 Å². The van der Waals surface area contributed by atoms with Crippen molar-refractivity contribution in [3.05, 3.63) is 83.4 Å². The van der Waals surface area contributed by atoms with Crippen LogP contribution in [-0.2, 0) is 20.7 Å². The van der Waals surface area contributed by atoms with Crippen molar-refractivity contribution < 1.29 is 33.3 Å². The first-order chi connectivity index (χ1) is 17.9. The fourth-order valence-electron chi connectivity index (χ4n) is 3.75. The van der Waals surface area contributed by atoms with Gasteiger partial charge in [-0.25, -0.2) is 4.79 Å². The highest BCUT2D eigenvalue weighted by Gasteiger charge is 2.31. The third kappa shape index (κ3) is 6.50. The molecule has 4 rings (SSSR count). The standard InChI is InChI=1S/C28H25NO7S/c1-33-22-11-18(12-23(16-22)34-2)13-24(27(31)35-3)19-5-4-6-21(15-19)36-20-9-7-17(8-10-20)14-25-26(30)29-28(32)37-25/h4-13,15-16,25H,14H2,1-3H3,(H,29,30,32)/b24-13-. The Balaban J connectivity index is 1.55. The lowest BCUT2D eigenvalue weighted by atomic mass is 10.0. The molecule has 1 atom stereocenters. The van der Waals surface area contributed by atoms with Crippen LogP contribution in [0.2, 0.25) is 0 Å². The number of imide groups is 1. The Labute approximate surface area is 218 Å². The van der Waals surface area contributed by atoms with Gasteiger partial charge in [0.1, 0.15) is 23.0 Å². The van der Waals surface area contributed by atoms with E-state index in [1.54, 1.807) is 74.9 Å². The average Bonchev–Trinajstić information content (AvgIpc) is 3.23. The highest BCUT2D eigenvalue weighted by atomic mass is 32.2. The van der Waals surface area contributed by atoms with E-state index in [1.165, 1.54) is 7.11 Å². The number of esters is 1. The predicted molar refractivity (Wildman–Crippen MR) is 141 cm³/mol. The third-order valence-corrected chi connectivity index (χ3v) is 6.56. The van der Waals surface area contributed by atoms with Crippen LogP contribution in [0.15, 0.2) is 66.7 Å². The lowest BCUT2D eigenvalue weighted by Crippen LogP contribution is -2.25. The molecule has 2 amide bonds. The van der Waals surface area contributed by atoms with E-state index in [4.69, 9.17) is 18.9 Å². The molecular weight excluding hydrogens is 494 g/mol. The van der Waals surface area contributed by atoms with Crippen molar-refractivity contribution in [2.75, 3.05) is 21.3 Å². The molecule has 3 aromatic rings. The van der Waals surface area contributed by atoms with Crippen LogP contribution < -0.4 is 19.5 Å². The normalized spacial score (nSPS) is 15.2. The van der Waals surface area contributed by atoms with E-state index in [2.05, 4.69) is 5.32 Å². The molecule has 0 radical (unpaired) electrons. The highest BCUT2D eigenvalue weighted by Crippen LogP contribution is 2.30.